The first kappa shape index (κ1) is 12.7. The molecule has 3 nitrogen and oxygen atoms in total. The van der Waals surface area contributed by atoms with Gasteiger partial charge in [0.05, 0.1) is 6.54 Å². The minimum absolute atomic E-state index is 0.0142. The molecule has 0 unspecified atom stereocenters. The Bertz CT molecular complexity index is 602. The van der Waals surface area contributed by atoms with Crippen molar-refractivity contribution in [1.29, 1.82) is 0 Å². The van der Waals surface area contributed by atoms with Crippen molar-refractivity contribution in [3.8, 4) is 0 Å². The number of aliphatic hydroxyl groups excluding tert-OH is 1. The molecule has 94 valence electrons. The minimum Gasteiger partial charge on any atom is -0.506 e. The molecule has 0 fully saturated rings. The zero-order valence-electron chi connectivity index (χ0n) is 10.4. The number of rotatable bonds is 3. The van der Waals surface area contributed by atoms with Crippen LogP contribution in [0, 0.1) is 13.8 Å². The molecule has 1 aromatic heterocycles. The molecular formula is C14H15ClN2O. The van der Waals surface area contributed by atoms with E-state index in [0.717, 1.165) is 11.3 Å². The lowest BCUT2D eigenvalue weighted by molar-refractivity contribution is 0.507. The summed E-state index contributed by atoms with van der Waals surface area (Å²) in [6, 6.07) is 7.60. The summed E-state index contributed by atoms with van der Waals surface area (Å²) in [5.74, 6) is -0.0142. The summed E-state index contributed by atoms with van der Waals surface area (Å²) in [4.78, 5) is 0. The van der Waals surface area contributed by atoms with Gasteiger partial charge in [0.15, 0.2) is 0 Å². The van der Waals surface area contributed by atoms with E-state index in [-0.39, 0.29) is 5.76 Å². The van der Waals surface area contributed by atoms with Crippen LogP contribution >= 0.6 is 11.6 Å². The molecule has 0 amide bonds. The molecule has 0 saturated carbocycles. The Morgan fingerprint density at radius 1 is 1.39 bits per heavy atom. The highest BCUT2D eigenvalue weighted by molar-refractivity contribution is 6.30. The van der Waals surface area contributed by atoms with Crippen molar-refractivity contribution in [3.63, 3.8) is 0 Å². The lowest BCUT2D eigenvalue weighted by Gasteiger charge is -2.08. The summed E-state index contributed by atoms with van der Waals surface area (Å²) in [7, 11) is 0. The van der Waals surface area contributed by atoms with Crippen LogP contribution in [0.2, 0.25) is 5.02 Å². The zero-order valence-corrected chi connectivity index (χ0v) is 11.2. The third kappa shape index (κ3) is 2.57. The average Bonchev–Trinajstić information content (AvgIpc) is 2.66. The standard InChI is InChI=1S/C14H15ClN2O/c1-9-4-5-13(15)7-12(9)8-17-10(2)6-14(16-17)11(3)18/h4-7,18H,3,8H2,1-2H3. The molecule has 1 aromatic carbocycles. The Morgan fingerprint density at radius 2 is 2.11 bits per heavy atom. The second-order valence-corrected chi connectivity index (χ2v) is 4.78. The van der Waals surface area contributed by atoms with Gasteiger partial charge in [-0.2, -0.15) is 5.10 Å². The molecule has 0 radical (unpaired) electrons. The fourth-order valence-electron chi connectivity index (χ4n) is 1.78. The van der Waals surface area contributed by atoms with E-state index in [1.54, 1.807) is 0 Å². The van der Waals surface area contributed by atoms with Gasteiger partial charge in [0.1, 0.15) is 11.5 Å². The van der Waals surface area contributed by atoms with Crippen LogP contribution in [-0.4, -0.2) is 14.9 Å². The number of aliphatic hydroxyl groups is 1. The Balaban J connectivity index is 2.34. The maximum Gasteiger partial charge on any atom is 0.135 e. The first-order chi connectivity index (χ1) is 8.47. The normalized spacial score (nSPS) is 10.6. The van der Waals surface area contributed by atoms with Crippen molar-refractivity contribution < 1.29 is 5.11 Å². The molecule has 0 aliphatic heterocycles. The fourth-order valence-corrected chi connectivity index (χ4v) is 1.98. The quantitative estimate of drug-likeness (QED) is 0.856. The van der Waals surface area contributed by atoms with Gasteiger partial charge in [-0.15, -0.1) is 0 Å². The van der Waals surface area contributed by atoms with Crippen LogP contribution in [0.15, 0.2) is 30.8 Å². The van der Waals surface area contributed by atoms with Crippen molar-refractivity contribution in [1.82, 2.24) is 9.78 Å². The van der Waals surface area contributed by atoms with Crippen LogP contribution < -0.4 is 0 Å². The van der Waals surface area contributed by atoms with E-state index in [2.05, 4.69) is 11.7 Å². The van der Waals surface area contributed by atoms with Gasteiger partial charge in [-0.25, -0.2) is 0 Å². The lowest BCUT2D eigenvalue weighted by Crippen LogP contribution is -2.05. The molecule has 1 N–H and O–H groups in total. The van der Waals surface area contributed by atoms with Crippen molar-refractivity contribution in [2.24, 2.45) is 0 Å². The average molecular weight is 263 g/mol. The summed E-state index contributed by atoms with van der Waals surface area (Å²) in [6.45, 7) is 8.09. The van der Waals surface area contributed by atoms with Crippen LogP contribution in [0.4, 0.5) is 0 Å². The first-order valence-corrected chi connectivity index (χ1v) is 6.03. The predicted molar refractivity (Wildman–Crippen MR) is 73.9 cm³/mol. The van der Waals surface area contributed by atoms with E-state index in [4.69, 9.17) is 11.6 Å². The maximum atomic E-state index is 9.33. The minimum atomic E-state index is -0.0142. The van der Waals surface area contributed by atoms with Crippen molar-refractivity contribution >= 4 is 17.4 Å². The van der Waals surface area contributed by atoms with E-state index in [0.29, 0.717) is 17.3 Å². The first-order valence-electron chi connectivity index (χ1n) is 5.65. The van der Waals surface area contributed by atoms with Gasteiger partial charge < -0.3 is 5.11 Å². The van der Waals surface area contributed by atoms with Crippen LogP contribution in [-0.2, 0) is 6.54 Å². The highest BCUT2D eigenvalue weighted by Gasteiger charge is 2.08. The fraction of sp³-hybridized carbons (Fsp3) is 0.214. The third-order valence-corrected chi connectivity index (χ3v) is 3.14. The third-order valence-electron chi connectivity index (χ3n) is 2.91. The van der Waals surface area contributed by atoms with Gasteiger partial charge in [0.2, 0.25) is 0 Å². The molecule has 2 rings (SSSR count). The summed E-state index contributed by atoms with van der Waals surface area (Å²) >= 11 is 5.99. The molecule has 0 bridgehead atoms. The van der Waals surface area contributed by atoms with E-state index < -0.39 is 0 Å². The monoisotopic (exact) mass is 262 g/mol. The SMILES string of the molecule is C=C(O)c1cc(C)n(Cc2cc(Cl)ccc2C)n1. The number of hydrogen-bond donors (Lipinski definition) is 1. The molecule has 0 saturated heterocycles. The maximum absolute atomic E-state index is 9.33. The second kappa shape index (κ2) is 4.86. The van der Waals surface area contributed by atoms with E-state index in [9.17, 15) is 5.11 Å². The van der Waals surface area contributed by atoms with E-state index in [1.165, 1.54) is 5.56 Å². The number of aromatic nitrogens is 2. The van der Waals surface area contributed by atoms with E-state index >= 15 is 0 Å². The van der Waals surface area contributed by atoms with Gasteiger partial charge in [-0.05, 0) is 43.2 Å². The Labute approximate surface area is 111 Å². The largest absolute Gasteiger partial charge is 0.506 e. The highest BCUT2D eigenvalue weighted by Crippen LogP contribution is 2.18. The predicted octanol–water partition coefficient (Wildman–Crippen LogP) is 3.73. The number of hydrogen-bond acceptors (Lipinski definition) is 2. The van der Waals surface area contributed by atoms with Crippen LogP contribution in [0.5, 0.6) is 0 Å². The Morgan fingerprint density at radius 3 is 2.72 bits per heavy atom. The number of aryl methyl sites for hydroxylation is 2. The summed E-state index contributed by atoms with van der Waals surface area (Å²) in [5, 5.41) is 14.3. The lowest BCUT2D eigenvalue weighted by atomic mass is 10.1. The van der Waals surface area contributed by atoms with Crippen molar-refractivity contribution in [2.45, 2.75) is 20.4 Å². The van der Waals surface area contributed by atoms with Gasteiger partial charge in [-0.3, -0.25) is 4.68 Å². The van der Waals surface area contributed by atoms with Crippen LogP contribution in [0.1, 0.15) is 22.5 Å². The highest BCUT2D eigenvalue weighted by atomic mass is 35.5. The second-order valence-electron chi connectivity index (χ2n) is 4.35. The Hall–Kier alpha value is -1.74. The molecule has 18 heavy (non-hydrogen) atoms. The van der Waals surface area contributed by atoms with Gasteiger partial charge >= 0.3 is 0 Å². The molecule has 2 aromatic rings. The summed E-state index contributed by atoms with van der Waals surface area (Å²) in [6.07, 6.45) is 0. The van der Waals surface area contributed by atoms with Crippen LogP contribution in [0.3, 0.4) is 0 Å². The van der Waals surface area contributed by atoms with Gasteiger partial charge in [0.25, 0.3) is 0 Å². The molecule has 0 aliphatic rings. The van der Waals surface area contributed by atoms with E-state index in [1.807, 2.05) is 42.8 Å². The number of halogens is 1. The molecule has 0 aliphatic carbocycles. The zero-order chi connectivity index (χ0) is 13.3. The van der Waals surface area contributed by atoms with Crippen LogP contribution in [0.25, 0.3) is 5.76 Å². The Kier molecular flexibility index (Phi) is 3.43. The molecule has 0 spiro atoms. The smallest absolute Gasteiger partial charge is 0.135 e. The van der Waals surface area contributed by atoms with Gasteiger partial charge in [-0.1, -0.05) is 24.2 Å². The number of nitrogens with zero attached hydrogens (tertiary/aromatic N) is 2. The summed E-state index contributed by atoms with van der Waals surface area (Å²) in [5.41, 5.74) is 3.76. The van der Waals surface area contributed by atoms with Gasteiger partial charge in [0, 0.05) is 10.7 Å². The van der Waals surface area contributed by atoms with Crippen molar-refractivity contribution in [2.75, 3.05) is 0 Å². The molecule has 4 heteroatoms. The molecule has 0 atom stereocenters. The molecular weight excluding hydrogens is 248 g/mol. The van der Waals surface area contributed by atoms with Crippen molar-refractivity contribution in [3.05, 3.63) is 58.4 Å². The molecule has 1 heterocycles. The summed E-state index contributed by atoms with van der Waals surface area (Å²) < 4.78 is 1.83. The topological polar surface area (TPSA) is 38.0 Å². The number of benzene rings is 1.